The molecule has 0 bridgehead atoms. The lowest BCUT2D eigenvalue weighted by Crippen LogP contribution is -2.07. The maximum atomic E-state index is 12.1. The number of hydrogen-bond donors (Lipinski definition) is 0. The molecular weight excluding hydrogens is 361 g/mol. The van der Waals surface area contributed by atoms with Gasteiger partial charge in [0, 0.05) is 21.7 Å². The van der Waals surface area contributed by atoms with E-state index in [-0.39, 0.29) is 17.9 Å². The van der Waals surface area contributed by atoms with E-state index in [1.807, 2.05) is 0 Å². The summed E-state index contributed by atoms with van der Waals surface area (Å²) in [7, 11) is 0. The predicted molar refractivity (Wildman–Crippen MR) is 90.5 cm³/mol. The van der Waals surface area contributed by atoms with E-state index in [0.29, 0.717) is 20.5 Å². The van der Waals surface area contributed by atoms with Crippen LogP contribution in [0.1, 0.15) is 15.9 Å². The molecule has 2 aromatic rings. The lowest BCUT2D eigenvalue weighted by atomic mass is 10.2. The summed E-state index contributed by atoms with van der Waals surface area (Å²) in [5, 5.41) is 11.8. The fourth-order valence-electron chi connectivity index (χ4n) is 1.85. The number of nitro benzene ring substituents is 1. The minimum absolute atomic E-state index is 0.0951. The third-order valence-electron chi connectivity index (χ3n) is 3.02. The summed E-state index contributed by atoms with van der Waals surface area (Å²) < 4.78 is 5.15. The van der Waals surface area contributed by atoms with Gasteiger partial charge in [-0.05, 0) is 30.5 Å². The monoisotopic (exact) mass is 371 g/mol. The first-order chi connectivity index (χ1) is 10.9. The van der Waals surface area contributed by atoms with Gasteiger partial charge in [0.15, 0.2) is 0 Å². The van der Waals surface area contributed by atoms with Gasteiger partial charge in [-0.1, -0.05) is 29.3 Å². The Hall–Kier alpha value is -1.76. The predicted octanol–water partition coefficient (Wildman–Crippen LogP) is 4.98. The van der Waals surface area contributed by atoms with Crippen LogP contribution in [0.4, 0.5) is 5.69 Å². The van der Waals surface area contributed by atoms with Crippen molar-refractivity contribution >= 4 is 46.6 Å². The molecule has 0 aromatic heterocycles. The zero-order valence-corrected chi connectivity index (χ0v) is 14.2. The molecule has 2 rings (SSSR count). The first-order valence-electron chi connectivity index (χ1n) is 6.36. The summed E-state index contributed by atoms with van der Waals surface area (Å²) in [5.41, 5.74) is 0.444. The van der Waals surface area contributed by atoms with E-state index >= 15 is 0 Å². The Kier molecular flexibility index (Phi) is 5.87. The molecule has 0 saturated carbocycles. The van der Waals surface area contributed by atoms with Crippen LogP contribution in [0.5, 0.6) is 0 Å². The van der Waals surface area contributed by atoms with E-state index in [1.165, 1.54) is 30.0 Å². The molecule has 5 nitrogen and oxygen atoms in total. The third kappa shape index (κ3) is 4.16. The number of nitrogens with zero attached hydrogens (tertiary/aromatic N) is 1. The van der Waals surface area contributed by atoms with E-state index in [9.17, 15) is 14.9 Å². The summed E-state index contributed by atoms with van der Waals surface area (Å²) in [5.74, 6) is -0.684. The smallest absolute Gasteiger partial charge is 0.338 e. The highest BCUT2D eigenvalue weighted by molar-refractivity contribution is 7.98. The van der Waals surface area contributed by atoms with Crippen LogP contribution < -0.4 is 0 Å². The number of benzene rings is 2. The summed E-state index contributed by atoms with van der Waals surface area (Å²) in [4.78, 5) is 23.0. The van der Waals surface area contributed by atoms with Crippen molar-refractivity contribution in [1.29, 1.82) is 0 Å². The van der Waals surface area contributed by atoms with Crippen molar-refractivity contribution in [2.24, 2.45) is 0 Å². The molecule has 0 aliphatic heterocycles. The second-order valence-electron chi connectivity index (χ2n) is 4.42. The second kappa shape index (κ2) is 7.68. The Morgan fingerprint density at radius 1 is 1.26 bits per heavy atom. The maximum Gasteiger partial charge on any atom is 0.338 e. The molecule has 120 valence electrons. The SMILES string of the molecule is CSc1ccc(C(=O)OCc2c(Cl)cccc2Cl)cc1[N+](=O)[O-]. The van der Waals surface area contributed by atoms with Crippen molar-refractivity contribution in [2.45, 2.75) is 11.5 Å². The van der Waals surface area contributed by atoms with Crippen LogP contribution in [0.25, 0.3) is 0 Å². The van der Waals surface area contributed by atoms with Crippen molar-refractivity contribution in [3.8, 4) is 0 Å². The summed E-state index contributed by atoms with van der Waals surface area (Å²) in [6, 6.07) is 9.14. The van der Waals surface area contributed by atoms with Crippen LogP contribution in [0.3, 0.4) is 0 Å². The molecule has 0 heterocycles. The van der Waals surface area contributed by atoms with Crippen LogP contribution in [0, 0.1) is 10.1 Å². The number of ether oxygens (including phenoxy) is 1. The number of esters is 1. The van der Waals surface area contributed by atoms with Gasteiger partial charge in [-0.3, -0.25) is 10.1 Å². The fraction of sp³-hybridized carbons (Fsp3) is 0.133. The Morgan fingerprint density at radius 2 is 1.91 bits per heavy atom. The van der Waals surface area contributed by atoms with Crippen molar-refractivity contribution in [1.82, 2.24) is 0 Å². The van der Waals surface area contributed by atoms with E-state index in [2.05, 4.69) is 0 Å². The summed E-state index contributed by atoms with van der Waals surface area (Å²) in [6.07, 6.45) is 1.72. The number of halogens is 2. The normalized spacial score (nSPS) is 10.4. The molecule has 0 N–H and O–H groups in total. The molecule has 23 heavy (non-hydrogen) atoms. The minimum atomic E-state index is -0.684. The van der Waals surface area contributed by atoms with Crippen molar-refractivity contribution in [3.63, 3.8) is 0 Å². The second-order valence-corrected chi connectivity index (χ2v) is 6.08. The molecule has 0 amide bonds. The molecule has 0 aliphatic rings. The molecule has 0 atom stereocenters. The van der Waals surface area contributed by atoms with Gasteiger partial charge in [-0.25, -0.2) is 4.79 Å². The average Bonchev–Trinajstić information content (AvgIpc) is 2.53. The van der Waals surface area contributed by atoms with Crippen molar-refractivity contribution in [3.05, 3.63) is 67.7 Å². The first kappa shape index (κ1) is 17.6. The fourth-order valence-corrected chi connectivity index (χ4v) is 2.90. The number of hydrogen-bond acceptors (Lipinski definition) is 5. The largest absolute Gasteiger partial charge is 0.457 e. The summed E-state index contributed by atoms with van der Waals surface area (Å²) in [6.45, 7) is -0.116. The highest BCUT2D eigenvalue weighted by Gasteiger charge is 2.18. The summed E-state index contributed by atoms with van der Waals surface area (Å²) >= 11 is 13.2. The van der Waals surface area contributed by atoms with Gasteiger partial charge in [-0.2, -0.15) is 0 Å². The molecule has 0 radical (unpaired) electrons. The molecule has 8 heteroatoms. The number of rotatable bonds is 5. The van der Waals surface area contributed by atoms with Gasteiger partial charge in [0.25, 0.3) is 5.69 Å². The van der Waals surface area contributed by atoms with Crippen LogP contribution in [-0.4, -0.2) is 17.1 Å². The molecule has 0 saturated heterocycles. The van der Waals surface area contributed by atoms with E-state index in [4.69, 9.17) is 27.9 Å². The lowest BCUT2D eigenvalue weighted by Gasteiger charge is -2.09. The molecule has 0 spiro atoms. The Balaban J connectivity index is 2.18. The Bertz CT molecular complexity index is 747. The third-order valence-corrected chi connectivity index (χ3v) is 4.51. The van der Waals surface area contributed by atoms with Gasteiger partial charge in [0.2, 0.25) is 0 Å². The van der Waals surface area contributed by atoms with Crippen LogP contribution in [0.2, 0.25) is 10.0 Å². The quantitative estimate of drug-likeness (QED) is 0.320. The van der Waals surface area contributed by atoms with Gasteiger partial charge >= 0.3 is 5.97 Å². The standard InChI is InChI=1S/C15H11Cl2NO4S/c1-23-14-6-5-9(7-13(14)18(20)21)15(19)22-8-10-11(16)3-2-4-12(10)17/h2-7H,8H2,1H3. The maximum absolute atomic E-state index is 12.1. The van der Waals surface area contributed by atoms with Gasteiger partial charge in [-0.15, -0.1) is 11.8 Å². The molecule has 0 aliphatic carbocycles. The van der Waals surface area contributed by atoms with Gasteiger partial charge in [0.1, 0.15) is 6.61 Å². The van der Waals surface area contributed by atoms with Gasteiger partial charge < -0.3 is 4.74 Å². The minimum Gasteiger partial charge on any atom is -0.457 e. The van der Waals surface area contributed by atoms with Crippen LogP contribution >= 0.6 is 35.0 Å². The average molecular weight is 372 g/mol. The Morgan fingerprint density at radius 3 is 2.48 bits per heavy atom. The zero-order chi connectivity index (χ0) is 17.0. The highest BCUT2D eigenvalue weighted by Crippen LogP contribution is 2.29. The number of carbonyl (C=O) groups is 1. The topological polar surface area (TPSA) is 69.4 Å². The van der Waals surface area contributed by atoms with E-state index < -0.39 is 10.9 Å². The zero-order valence-electron chi connectivity index (χ0n) is 11.9. The molecular formula is C15H11Cl2NO4S. The van der Waals surface area contributed by atoms with Crippen molar-refractivity contribution in [2.75, 3.05) is 6.26 Å². The highest BCUT2D eigenvalue weighted by atomic mass is 35.5. The van der Waals surface area contributed by atoms with Crippen molar-refractivity contribution < 1.29 is 14.5 Å². The molecule has 0 unspecified atom stereocenters. The number of nitro groups is 1. The van der Waals surface area contributed by atoms with E-state index in [1.54, 1.807) is 24.5 Å². The van der Waals surface area contributed by atoms with Crippen LogP contribution in [-0.2, 0) is 11.3 Å². The molecule has 0 fully saturated rings. The first-order valence-corrected chi connectivity index (χ1v) is 8.34. The number of thioether (sulfide) groups is 1. The van der Waals surface area contributed by atoms with Crippen LogP contribution in [0.15, 0.2) is 41.3 Å². The lowest BCUT2D eigenvalue weighted by molar-refractivity contribution is -0.387. The Labute approximate surface area is 146 Å². The number of carbonyl (C=O) groups excluding carboxylic acids is 1. The van der Waals surface area contributed by atoms with Gasteiger partial charge in [0.05, 0.1) is 15.4 Å². The van der Waals surface area contributed by atoms with E-state index in [0.717, 1.165) is 0 Å². The molecule has 2 aromatic carbocycles.